The van der Waals surface area contributed by atoms with Crippen LogP contribution in [-0.4, -0.2) is 23.1 Å². The Bertz CT molecular complexity index is 501. The monoisotopic (exact) mass is 262 g/mol. The van der Waals surface area contributed by atoms with Gasteiger partial charge in [-0.3, -0.25) is 4.79 Å². The number of ketones is 1. The molecule has 4 nitrogen and oxygen atoms in total. The van der Waals surface area contributed by atoms with Gasteiger partial charge in [-0.25, -0.2) is 0 Å². The molecule has 102 valence electrons. The highest BCUT2D eigenvalue weighted by Gasteiger charge is 2.01. The maximum absolute atomic E-state index is 11.3. The number of carbonyl (C=O) groups is 1. The van der Waals surface area contributed by atoms with E-state index in [4.69, 9.17) is 4.74 Å². The van der Waals surface area contributed by atoms with Gasteiger partial charge in [0, 0.05) is 12.5 Å². The summed E-state index contributed by atoms with van der Waals surface area (Å²) in [4.78, 5) is 11.3. The van der Waals surface area contributed by atoms with Gasteiger partial charge in [0.25, 0.3) is 0 Å². The van der Waals surface area contributed by atoms with Crippen molar-refractivity contribution in [2.24, 2.45) is 0 Å². The molecule has 0 saturated carbocycles. The maximum atomic E-state index is 11.3. The molecule has 1 aromatic carbocycles. The molecule has 0 aliphatic carbocycles. The van der Waals surface area contributed by atoms with Crippen LogP contribution in [-0.2, 0) is 4.79 Å². The number of carbonyl (C=O) groups excluding carboxylic acids is 1. The fraction of sp³-hybridized carbons (Fsp3) is 0.267. The van der Waals surface area contributed by atoms with Crippen molar-refractivity contribution in [3.63, 3.8) is 0 Å². The highest BCUT2D eigenvalue weighted by Crippen LogP contribution is 2.26. The summed E-state index contributed by atoms with van der Waals surface area (Å²) >= 11 is 0. The molecule has 0 amide bonds. The molecular formula is C15H18O4. The zero-order valence-electron chi connectivity index (χ0n) is 11.1. The SMILES string of the molecule is CCCC(=O)C=C(O)C=Cc1ccc(O)c(OC)c1. The predicted octanol–water partition coefficient (Wildman–Crippen LogP) is 3.23. The summed E-state index contributed by atoms with van der Waals surface area (Å²) in [6.45, 7) is 1.90. The van der Waals surface area contributed by atoms with Crippen LogP contribution >= 0.6 is 0 Å². The first kappa shape index (κ1) is 14.8. The van der Waals surface area contributed by atoms with E-state index < -0.39 is 0 Å². The third-order valence-electron chi connectivity index (χ3n) is 2.46. The molecule has 0 aliphatic rings. The van der Waals surface area contributed by atoms with Gasteiger partial charge in [0.2, 0.25) is 0 Å². The molecule has 0 fully saturated rings. The minimum absolute atomic E-state index is 0.0533. The van der Waals surface area contributed by atoms with E-state index in [0.29, 0.717) is 12.2 Å². The smallest absolute Gasteiger partial charge is 0.161 e. The summed E-state index contributed by atoms with van der Waals surface area (Å²) in [5.74, 6) is 0.212. The quantitative estimate of drug-likeness (QED) is 0.469. The minimum atomic E-state index is -0.104. The zero-order chi connectivity index (χ0) is 14.3. The third kappa shape index (κ3) is 4.87. The van der Waals surface area contributed by atoms with Crippen LogP contribution in [0.15, 0.2) is 36.1 Å². The van der Waals surface area contributed by atoms with Crippen molar-refractivity contribution in [3.05, 3.63) is 41.7 Å². The molecule has 0 unspecified atom stereocenters. The lowest BCUT2D eigenvalue weighted by Crippen LogP contribution is -1.92. The molecule has 2 N–H and O–H groups in total. The number of aliphatic hydroxyl groups is 1. The van der Waals surface area contributed by atoms with Gasteiger partial charge in [0.1, 0.15) is 5.76 Å². The molecule has 19 heavy (non-hydrogen) atoms. The molecule has 0 atom stereocenters. The molecule has 0 heterocycles. The van der Waals surface area contributed by atoms with Gasteiger partial charge in [-0.15, -0.1) is 0 Å². The van der Waals surface area contributed by atoms with Crippen LogP contribution in [0.5, 0.6) is 11.5 Å². The number of aromatic hydroxyl groups is 1. The molecule has 0 spiro atoms. The van der Waals surface area contributed by atoms with Gasteiger partial charge in [-0.05, 0) is 30.2 Å². The standard InChI is InChI=1S/C15H18O4/c1-3-4-12(16)10-13(17)7-5-11-6-8-14(18)15(9-11)19-2/h5-10,17-18H,3-4H2,1-2H3. The molecule has 0 saturated heterocycles. The number of phenols is 1. The minimum Gasteiger partial charge on any atom is -0.508 e. The summed E-state index contributed by atoms with van der Waals surface area (Å²) in [7, 11) is 1.46. The number of rotatable bonds is 6. The fourth-order valence-corrected chi connectivity index (χ4v) is 1.51. The van der Waals surface area contributed by atoms with E-state index in [-0.39, 0.29) is 17.3 Å². The zero-order valence-corrected chi connectivity index (χ0v) is 11.1. The van der Waals surface area contributed by atoms with Crippen molar-refractivity contribution < 1.29 is 19.7 Å². The maximum Gasteiger partial charge on any atom is 0.161 e. The molecule has 1 rings (SSSR count). The number of allylic oxidation sites excluding steroid dienone is 2. The van der Waals surface area contributed by atoms with E-state index in [1.807, 2.05) is 6.92 Å². The Morgan fingerprint density at radius 2 is 2.16 bits per heavy atom. The molecule has 0 radical (unpaired) electrons. The molecule has 0 aliphatic heterocycles. The van der Waals surface area contributed by atoms with Crippen molar-refractivity contribution in [2.45, 2.75) is 19.8 Å². The Labute approximate surface area is 112 Å². The second-order valence-electron chi connectivity index (χ2n) is 4.05. The first-order valence-corrected chi connectivity index (χ1v) is 6.05. The molecule has 0 aromatic heterocycles. The summed E-state index contributed by atoms with van der Waals surface area (Å²) < 4.78 is 4.97. The normalized spacial score (nSPS) is 11.8. The van der Waals surface area contributed by atoms with Crippen LogP contribution in [0.4, 0.5) is 0 Å². The Morgan fingerprint density at radius 1 is 1.42 bits per heavy atom. The van der Waals surface area contributed by atoms with Crippen LogP contribution in [0.1, 0.15) is 25.3 Å². The van der Waals surface area contributed by atoms with E-state index in [9.17, 15) is 15.0 Å². The summed E-state index contributed by atoms with van der Waals surface area (Å²) in [5.41, 5.74) is 0.748. The van der Waals surface area contributed by atoms with E-state index in [2.05, 4.69) is 0 Å². The van der Waals surface area contributed by atoms with Gasteiger partial charge < -0.3 is 14.9 Å². The average molecular weight is 262 g/mol. The Hall–Kier alpha value is -2.23. The predicted molar refractivity (Wildman–Crippen MR) is 74.3 cm³/mol. The summed E-state index contributed by atoms with van der Waals surface area (Å²) in [5, 5.41) is 19.0. The number of hydrogen-bond donors (Lipinski definition) is 2. The van der Waals surface area contributed by atoms with Crippen LogP contribution in [0, 0.1) is 0 Å². The topological polar surface area (TPSA) is 66.8 Å². The lowest BCUT2D eigenvalue weighted by molar-refractivity contribution is -0.114. The number of aliphatic hydroxyl groups excluding tert-OH is 1. The van der Waals surface area contributed by atoms with Gasteiger partial charge in [0.05, 0.1) is 7.11 Å². The number of benzene rings is 1. The number of ether oxygens (including phenoxy) is 1. The summed E-state index contributed by atoms with van der Waals surface area (Å²) in [6.07, 6.45) is 5.44. The van der Waals surface area contributed by atoms with Crippen LogP contribution < -0.4 is 4.74 Å². The first-order chi connectivity index (χ1) is 9.06. The molecule has 0 bridgehead atoms. The first-order valence-electron chi connectivity index (χ1n) is 6.05. The Balaban J connectivity index is 2.78. The largest absolute Gasteiger partial charge is 0.508 e. The summed E-state index contributed by atoms with van der Waals surface area (Å²) in [6, 6.07) is 4.81. The fourth-order valence-electron chi connectivity index (χ4n) is 1.51. The average Bonchev–Trinajstić information content (AvgIpc) is 2.38. The molecular weight excluding hydrogens is 244 g/mol. The number of phenolic OH excluding ortho intramolecular Hbond substituents is 1. The van der Waals surface area contributed by atoms with Crippen molar-refractivity contribution in [3.8, 4) is 11.5 Å². The van der Waals surface area contributed by atoms with Gasteiger partial charge in [-0.1, -0.05) is 19.1 Å². The van der Waals surface area contributed by atoms with E-state index in [1.165, 1.54) is 25.3 Å². The highest BCUT2D eigenvalue weighted by molar-refractivity contribution is 5.90. The van der Waals surface area contributed by atoms with E-state index in [0.717, 1.165) is 12.0 Å². The van der Waals surface area contributed by atoms with Crippen LogP contribution in [0.2, 0.25) is 0 Å². The van der Waals surface area contributed by atoms with Crippen molar-refractivity contribution in [1.29, 1.82) is 0 Å². The second-order valence-corrected chi connectivity index (χ2v) is 4.05. The van der Waals surface area contributed by atoms with Gasteiger partial charge in [-0.2, -0.15) is 0 Å². The lowest BCUT2D eigenvalue weighted by Gasteiger charge is -2.03. The van der Waals surface area contributed by atoms with Crippen molar-refractivity contribution in [2.75, 3.05) is 7.11 Å². The lowest BCUT2D eigenvalue weighted by atomic mass is 10.1. The number of methoxy groups -OCH3 is 1. The van der Waals surface area contributed by atoms with E-state index >= 15 is 0 Å². The highest BCUT2D eigenvalue weighted by atomic mass is 16.5. The van der Waals surface area contributed by atoms with Crippen molar-refractivity contribution in [1.82, 2.24) is 0 Å². The second kappa shape index (κ2) is 7.26. The van der Waals surface area contributed by atoms with E-state index in [1.54, 1.807) is 18.2 Å². The Morgan fingerprint density at radius 3 is 2.79 bits per heavy atom. The van der Waals surface area contributed by atoms with Crippen LogP contribution in [0.25, 0.3) is 6.08 Å². The molecule has 1 aromatic rings. The third-order valence-corrected chi connectivity index (χ3v) is 2.46. The van der Waals surface area contributed by atoms with Gasteiger partial charge >= 0.3 is 0 Å². The van der Waals surface area contributed by atoms with Crippen molar-refractivity contribution >= 4 is 11.9 Å². The number of hydrogen-bond acceptors (Lipinski definition) is 4. The van der Waals surface area contributed by atoms with Crippen LogP contribution in [0.3, 0.4) is 0 Å². The molecule has 4 heteroatoms. The Kier molecular flexibility index (Phi) is 5.67. The van der Waals surface area contributed by atoms with Gasteiger partial charge in [0.15, 0.2) is 17.3 Å².